The van der Waals surface area contributed by atoms with Crippen molar-refractivity contribution in [1.82, 2.24) is 20.4 Å². The van der Waals surface area contributed by atoms with Crippen LogP contribution in [-0.2, 0) is 0 Å². The first-order valence-corrected chi connectivity index (χ1v) is 14.9. The summed E-state index contributed by atoms with van der Waals surface area (Å²) < 4.78 is 0. The minimum Gasteiger partial charge on any atom is -0.317 e. The number of amides is 4. The van der Waals surface area contributed by atoms with Crippen LogP contribution in [0.2, 0.25) is 0 Å². The van der Waals surface area contributed by atoms with E-state index >= 15 is 0 Å². The lowest BCUT2D eigenvalue weighted by molar-refractivity contribution is 0.0450. The molecule has 0 saturated carbocycles. The van der Waals surface area contributed by atoms with E-state index in [0.29, 0.717) is 35.1 Å². The summed E-state index contributed by atoms with van der Waals surface area (Å²) in [6.45, 7) is 11.2. The average molecular weight is 561 g/mol. The van der Waals surface area contributed by atoms with Crippen LogP contribution in [0, 0.1) is 0 Å². The fourth-order valence-corrected chi connectivity index (χ4v) is 5.77. The van der Waals surface area contributed by atoms with Gasteiger partial charge in [-0.2, -0.15) is 0 Å². The minimum atomic E-state index is -0.549. The Morgan fingerprint density at radius 2 is 0.780 bits per heavy atom. The normalized spacial score (nSPS) is 15.2. The van der Waals surface area contributed by atoms with Gasteiger partial charge < -0.3 is 10.6 Å². The van der Waals surface area contributed by atoms with Gasteiger partial charge in [-0.3, -0.25) is 29.0 Å². The third-order valence-electron chi connectivity index (χ3n) is 8.33. The van der Waals surface area contributed by atoms with Crippen LogP contribution in [0.5, 0.6) is 0 Å². The molecule has 220 valence electrons. The predicted octanol–water partition coefficient (Wildman–Crippen LogP) is 5.05. The highest BCUT2D eigenvalue weighted by molar-refractivity contribution is 6.22. The second kappa shape index (κ2) is 13.1. The molecule has 8 heteroatoms. The van der Waals surface area contributed by atoms with E-state index in [2.05, 4.69) is 10.6 Å². The molecule has 4 amide bonds. The molecule has 0 saturated heterocycles. The van der Waals surface area contributed by atoms with Crippen molar-refractivity contribution in [2.75, 3.05) is 26.2 Å². The molecular formula is C33H44N4O4. The smallest absolute Gasteiger partial charge is 0.262 e. The van der Waals surface area contributed by atoms with Crippen molar-refractivity contribution in [1.29, 1.82) is 0 Å². The molecule has 0 bridgehead atoms. The SMILES string of the molecule is CC(C)(CCNCCCCCCCNCCC(C)(C)N1C(=O)c2ccccc2C1=O)N1C(=O)c2ccccc2C1=O. The summed E-state index contributed by atoms with van der Waals surface area (Å²) >= 11 is 0. The fourth-order valence-electron chi connectivity index (χ4n) is 5.77. The summed E-state index contributed by atoms with van der Waals surface area (Å²) in [5.41, 5.74) is 0.899. The molecule has 0 unspecified atom stereocenters. The Labute approximate surface area is 243 Å². The monoisotopic (exact) mass is 560 g/mol. The maximum absolute atomic E-state index is 12.8. The second-order valence-corrected chi connectivity index (χ2v) is 12.4. The largest absolute Gasteiger partial charge is 0.317 e. The van der Waals surface area contributed by atoms with Crippen molar-refractivity contribution in [2.24, 2.45) is 0 Å². The van der Waals surface area contributed by atoms with Crippen LogP contribution in [0.25, 0.3) is 0 Å². The van der Waals surface area contributed by atoms with E-state index < -0.39 is 11.1 Å². The highest BCUT2D eigenvalue weighted by atomic mass is 16.2. The number of nitrogens with one attached hydrogen (secondary N) is 2. The molecule has 41 heavy (non-hydrogen) atoms. The molecule has 2 aromatic carbocycles. The molecule has 0 radical (unpaired) electrons. The van der Waals surface area contributed by atoms with E-state index in [1.807, 2.05) is 27.7 Å². The Bertz CT molecular complexity index is 1120. The van der Waals surface area contributed by atoms with Crippen LogP contribution >= 0.6 is 0 Å². The van der Waals surface area contributed by atoms with Crippen molar-refractivity contribution < 1.29 is 19.2 Å². The second-order valence-electron chi connectivity index (χ2n) is 12.4. The molecule has 0 spiro atoms. The lowest BCUT2D eigenvalue weighted by Crippen LogP contribution is -2.49. The summed E-state index contributed by atoms with van der Waals surface area (Å²) in [6.07, 6.45) is 7.07. The molecule has 0 aliphatic carbocycles. The Morgan fingerprint density at radius 3 is 1.10 bits per heavy atom. The predicted molar refractivity (Wildman–Crippen MR) is 160 cm³/mol. The highest BCUT2D eigenvalue weighted by Gasteiger charge is 2.44. The van der Waals surface area contributed by atoms with Gasteiger partial charge in [0.15, 0.2) is 0 Å². The van der Waals surface area contributed by atoms with Gasteiger partial charge in [-0.15, -0.1) is 0 Å². The number of benzene rings is 2. The summed E-state index contributed by atoms with van der Waals surface area (Å²) in [4.78, 5) is 54.0. The number of carbonyl (C=O) groups excluding carboxylic acids is 4. The van der Waals surface area contributed by atoms with Crippen molar-refractivity contribution in [2.45, 2.75) is 83.7 Å². The summed E-state index contributed by atoms with van der Waals surface area (Å²) in [7, 11) is 0. The summed E-state index contributed by atoms with van der Waals surface area (Å²) in [6, 6.07) is 14.1. The van der Waals surface area contributed by atoms with Crippen LogP contribution in [0.4, 0.5) is 0 Å². The van der Waals surface area contributed by atoms with Gasteiger partial charge in [0.05, 0.1) is 22.3 Å². The van der Waals surface area contributed by atoms with E-state index in [-0.39, 0.29) is 23.6 Å². The third-order valence-corrected chi connectivity index (χ3v) is 8.33. The maximum Gasteiger partial charge on any atom is 0.262 e. The van der Waals surface area contributed by atoms with Gasteiger partial charge in [0.1, 0.15) is 0 Å². The quantitative estimate of drug-likeness (QED) is 0.220. The van der Waals surface area contributed by atoms with Crippen LogP contribution in [0.3, 0.4) is 0 Å². The highest BCUT2D eigenvalue weighted by Crippen LogP contribution is 2.32. The zero-order valence-corrected chi connectivity index (χ0v) is 24.9. The first-order chi connectivity index (χ1) is 19.6. The zero-order valence-electron chi connectivity index (χ0n) is 24.9. The molecule has 2 aromatic rings. The number of fused-ring (bicyclic) bond motifs is 2. The summed E-state index contributed by atoms with van der Waals surface area (Å²) in [5.74, 6) is -0.790. The molecule has 0 fully saturated rings. The first kappa shape index (κ1) is 30.6. The molecule has 2 aliphatic rings. The molecule has 0 aromatic heterocycles. The van der Waals surface area contributed by atoms with Gasteiger partial charge in [-0.1, -0.05) is 43.5 Å². The Balaban J connectivity index is 1.02. The van der Waals surface area contributed by atoms with Crippen molar-refractivity contribution >= 4 is 23.6 Å². The lowest BCUT2D eigenvalue weighted by atomic mass is 9.98. The van der Waals surface area contributed by atoms with Gasteiger partial charge in [-0.05, 0) is 104 Å². The van der Waals surface area contributed by atoms with Gasteiger partial charge in [0, 0.05) is 11.1 Å². The number of unbranched alkanes of at least 4 members (excludes halogenated alkanes) is 4. The Morgan fingerprint density at radius 1 is 0.488 bits per heavy atom. The number of carbonyl (C=O) groups is 4. The van der Waals surface area contributed by atoms with Crippen LogP contribution in [0.1, 0.15) is 114 Å². The number of hydrogen-bond donors (Lipinski definition) is 2. The van der Waals surface area contributed by atoms with Crippen LogP contribution in [0.15, 0.2) is 48.5 Å². The van der Waals surface area contributed by atoms with E-state index in [1.54, 1.807) is 48.5 Å². The van der Waals surface area contributed by atoms with Crippen molar-refractivity contribution in [3.05, 3.63) is 70.8 Å². The first-order valence-electron chi connectivity index (χ1n) is 14.9. The van der Waals surface area contributed by atoms with E-state index in [1.165, 1.54) is 16.2 Å². The lowest BCUT2D eigenvalue weighted by Gasteiger charge is -2.34. The van der Waals surface area contributed by atoms with Crippen molar-refractivity contribution in [3.63, 3.8) is 0 Å². The molecule has 4 rings (SSSR count). The fraction of sp³-hybridized carbons (Fsp3) is 0.515. The van der Waals surface area contributed by atoms with Crippen molar-refractivity contribution in [3.8, 4) is 0 Å². The standard InChI is InChI=1S/C33H44N4O4/c1-32(2,36-28(38)24-14-8-9-15-25(24)29(36)39)18-22-34-20-12-6-5-7-13-21-35-23-19-33(3,4)37-30(40)26-16-10-11-17-27(26)31(37)41/h8-11,14-17,34-35H,5-7,12-13,18-23H2,1-4H3. The number of nitrogens with zero attached hydrogens (tertiary/aromatic N) is 2. The Hall–Kier alpha value is -3.36. The van der Waals surface area contributed by atoms with Crippen LogP contribution in [-0.4, -0.2) is 70.7 Å². The molecule has 2 heterocycles. The van der Waals surface area contributed by atoms with E-state index in [9.17, 15) is 19.2 Å². The maximum atomic E-state index is 12.8. The molecule has 8 nitrogen and oxygen atoms in total. The number of imide groups is 2. The van der Waals surface area contributed by atoms with E-state index in [0.717, 1.165) is 51.9 Å². The molecular weight excluding hydrogens is 516 g/mol. The number of rotatable bonds is 16. The van der Waals surface area contributed by atoms with E-state index in [4.69, 9.17) is 0 Å². The van der Waals surface area contributed by atoms with Gasteiger partial charge in [0.2, 0.25) is 0 Å². The van der Waals surface area contributed by atoms with Gasteiger partial charge in [-0.25, -0.2) is 0 Å². The molecule has 2 aliphatic heterocycles. The van der Waals surface area contributed by atoms with Gasteiger partial charge >= 0.3 is 0 Å². The minimum absolute atomic E-state index is 0.198. The average Bonchev–Trinajstić information content (AvgIpc) is 3.36. The Kier molecular flexibility index (Phi) is 9.76. The summed E-state index contributed by atoms with van der Waals surface area (Å²) in [5, 5.41) is 6.94. The molecule has 0 atom stereocenters. The van der Waals surface area contributed by atoms with Gasteiger partial charge in [0.25, 0.3) is 23.6 Å². The zero-order chi connectivity index (χ0) is 29.6. The van der Waals surface area contributed by atoms with Crippen LogP contribution < -0.4 is 10.6 Å². The number of hydrogen-bond acceptors (Lipinski definition) is 6. The third kappa shape index (κ3) is 6.76. The molecule has 2 N–H and O–H groups in total. The topological polar surface area (TPSA) is 98.8 Å².